The summed E-state index contributed by atoms with van der Waals surface area (Å²) in [6.45, 7) is 1.57. The van der Waals surface area contributed by atoms with Crippen LogP contribution >= 0.6 is 0 Å². The normalized spacial score (nSPS) is 11.9. The first-order chi connectivity index (χ1) is 7.15. The molecule has 80 valence electrons. The van der Waals surface area contributed by atoms with Crippen molar-refractivity contribution in [1.82, 2.24) is 0 Å². The molecule has 15 heavy (non-hydrogen) atoms. The van der Waals surface area contributed by atoms with Gasteiger partial charge in [0.25, 0.3) is 0 Å². The molecule has 0 aromatic heterocycles. The Kier molecular flexibility index (Phi) is 4.03. The lowest BCUT2D eigenvalue weighted by molar-refractivity contribution is -0.148. The smallest absolute Gasteiger partial charge is 0.315 e. The Labute approximate surface area is 89.1 Å². The zero-order valence-corrected chi connectivity index (χ0v) is 8.90. The highest BCUT2D eigenvalue weighted by atomic mass is 16.5. The van der Waals surface area contributed by atoms with Gasteiger partial charge in [0.2, 0.25) is 0 Å². The van der Waals surface area contributed by atoms with Crippen LogP contribution < -0.4 is 0 Å². The van der Waals surface area contributed by atoms with Crippen LogP contribution in [0.2, 0.25) is 0 Å². The monoisotopic (exact) mass is 206 g/mol. The van der Waals surface area contributed by atoms with Gasteiger partial charge in [-0.1, -0.05) is 30.3 Å². The van der Waals surface area contributed by atoms with Gasteiger partial charge in [0.15, 0.2) is 5.78 Å². The standard InChI is InChI=1S/C12H14O3/c1-9(12(14)15-2)11(13)8-10-6-4-3-5-7-10/h3-7,9H,8H2,1-2H3/t9-/m0/s1. The van der Waals surface area contributed by atoms with Crippen LogP contribution in [0, 0.1) is 5.92 Å². The first-order valence-electron chi connectivity index (χ1n) is 4.79. The lowest BCUT2D eigenvalue weighted by atomic mass is 10.00. The van der Waals surface area contributed by atoms with Crippen molar-refractivity contribution >= 4 is 11.8 Å². The average Bonchev–Trinajstić information content (AvgIpc) is 2.28. The second-order valence-electron chi connectivity index (χ2n) is 3.37. The van der Waals surface area contributed by atoms with Crippen molar-refractivity contribution < 1.29 is 14.3 Å². The van der Waals surface area contributed by atoms with Crippen molar-refractivity contribution in [3.05, 3.63) is 35.9 Å². The van der Waals surface area contributed by atoms with E-state index in [1.54, 1.807) is 6.92 Å². The van der Waals surface area contributed by atoms with Crippen LogP contribution in [0.4, 0.5) is 0 Å². The molecule has 0 heterocycles. The summed E-state index contributed by atoms with van der Waals surface area (Å²) >= 11 is 0. The summed E-state index contributed by atoms with van der Waals surface area (Å²) in [7, 11) is 1.29. The number of ether oxygens (including phenoxy) is 1. The van der Waals surface area contributed by atoms with Crippen LogP contribution in [-0.4, -0.2) is 18.9 Å². The Morgan fingerprint density at radius 2 is 1.87 bits per heavy atom. The van der Waals surface area contributed by atoms with Crippen molar-refractivity contribution in [2.24, 2.45) is 5.92 Å². The molecule has 1 rings (SSSR count). The van der Waals surface area contributed by atoms with Crippen LogP contribution in [0.1, 0.15) is 12.5 Å². The van der Waals surface area contributed by atoms with Gasteiger partial charge in [0, 0.05) is 6.42 Å². The largest absolute Gasteiger partial charge is 0.468 e. The minimum absolute atomic E-state index is 0.118. The Balaban J connectivity index is 2.60. The van der Waals surface area contributed by atoms with E-state index in [9.17, 15) is 9.59 Å². The molecule has 0 bridgehead atoms. The number of rotatable bonds is 4. The molecule has 0 fully saturated rings. The van der Waals surface area contributed by atoms with Crippen molar-refractivity contribution in [1.29, 1.82) is 0 Å². The third kappa shape index (κ3) is 3.20. The van der Waals surface area contributed by atoms with E-state index in [0.717, 1.165) is 5.56 Å². The maximum absolute atomic E-state index is 11.6. The lowest BCUT2D eigenvalue weighted by Crippen LogP contribution is -2.23. The van der Waals surface area contributed by atoms with Crippen LogP contribution in [0.15, 0.2) is 30.3 Å². The second kappa shape index (κ2) is 5.29. The van der Waals surface area contributed by atoms with Crippen LogP contribution in [0.5, 0.6) is 0 Å². The molecule has 1 aromatic rings. The van der Waals surface area contributed by atoms with Gasteiger partial charge in [-0.3, -0.25) is 9.59 Å². The molecule has 3 nitrogen and oxygen atoms in total. The zero-order chi connectivity index (χ0) is 11.3. The third-order valence-corrected chi connectivity index (χ3v) is 2.26. The molecule has 1 atom stereocenters. The summed E-state index contributed by atoms with van der Waals surface area (Å²) < 4.78 is 4.51. The lowest BCUT2D eigenvalue weighted by Gasteiger charge is -2.07. The molecule has 0 N–H and O–H groups in total. The predicted octanol–water partition coefficient (Wildman–Crippen LogP) is 1.61. The Hall–Kier alpha value is -1.64. The van der Waals surface area contributed by atoms with E-state index in [0.29, 0.717) is 0 Å². The Morgan fingerprint density at radius 1 is 1.27 bits per heavy atom. The summed E-state index contributed by atoms with van der Waals surface area (Å²) in [6.07, 6.45) is 0.275. The molecule has 0 aliphatic carbocycles. The number of hydrogen-bond donors (Lipinski definition) is 0. The summed E-state index contributed by atoms with van der Waals surface area (Å²) in [6, 6.07) is 9.35. The van der Waals surface area contributed by atoms with Crippen LogP contribution in [0.3, 0.4) is 0 Å². The molecule has 0 radical (unpaired) electrons. The molecule has 0 amide bonds. The predicted molar refractivity (Wildman–Crippen MR) is 56.3 cm³/mol. The molecular formula is C12H14O3. The van der Waals surface area contributed by atoms with Gasteiger partial charge in [-0.05, 0) is 12.5 Å². The minimum atomic E-state index is -0.685. The number of hydrogen-bond acceptors (Lipinski definition) is 3. The summed E-state index contributed by atoms with van der Waals surface area (Å²) in [5, 5.41) is 0. The van der Waals surface area contributed by atoms with E-state index < -0.39 is 11.9 Å². The third-order valence-electron chi connectivity index (χ3n) is 2.26. The second-order valence-corrected chi connectivity index (χ2v) is 3.37. The SMILES string of the molecule is COC(=O)[C@@H](C)C(=O)Cc1ccccc1. The zero-order valence-electron chi connectivity index (χ0n) is 8.90. The van der Waals surface area contributed by atoms with E-state index in [1.807, 2.05) is 30.3 Å². The summed E-state index contributed by atoms with van der Waals surface area (Å²) in [5.74, 6) is -1.28. The van der Waals surface area contributed by atoms with Gasteiger partial charge in [-0.15, -0.1) is 0 Å². The molecule has 0 aliphatic rings. The highest BCUT2D eigenvalue weighted by molar-refractivity contribution is 5.99. The topological polar surface area (TPSA) is 43.4 Å². The Morgan fingerprint density at radius 3 is 2.40 bits per heavy atom. The van der Waals surface area contributed by atoms with E-state index in [2.05, 4.69) is 4.74 Å². The maximum atomic E-state index is 11.6. The van der Waals surface area contributed by atoms with Gasteiger partial charge < -0.3 is 4.74 Å². The van der Waals surface area contributed by atoms with Crippen molar-refractivity contribution in [2.45, 2.75) is 13.3 Å². The van der Waals surface area contributed by atoms with Crippen molar-refractivity contribution in [3.8, 4) is 0 Å². The average molecular weight is 206 g/mol. The maximum Gasteiger partial charge on any atom is 0.315 e. The van der Waals surface area contributed by atoms with Gasteiger partial charge in [0.1, 0.15) is 5.92 Å². The molecule has 0 saturated heterocycles. The van der Waals surface area contributed by atoms with Gasteiger partial charge in [0.05, 0.1) is 7.11 Å². The number of carbonyl (C=O) groups excluding carboxylic acids is 2. The van der Waals surface area contributed by atoms with Crippen molar-refractivity contribution in [3.63, 3.8) is 0 Å². The number of carbonyl (C=O) groups is 2. The molecule has 0 saturated carbocycles. The minimum Gasteiger partial charge on any atom is -0.468 e. The van der Waals surface area contributed by atoms with Gasteiger partial charge >= 0.3 is 5.97 Å². The molecule has 0 aliphatic heterocycles. The summed E-state index contributed by atoms with van der Waals surface area (Å²) in [5.41, 5.74) is 0.915. The molecule has 1 aromatic carbocycles. The first-order valence-corrected chi connectivity index (χ1v) is 4.79. The van der Waals surface area contributed by atoms with E-state index in [4.69, 9.17) is 0 Å². The number of ketones is 1. The molecular weight excluding hydrogens is 192 g/mol. The van der Waals surface area contributed by atoms with Gasteiger partial charge in [-0.25, -0.2) is 0 Å². The van der Waals surface area contributed by atoms with Crippen molar-refractivity contribution in [2.75, 3.05) is 7.11 Å². The molecule has 3 heteroatoms. The number of esters is 1. The van der Waals surface area contributed by atoms with Gasteiger partial charge in [-0.2, -0.15) is 0 Å². The van der Waals surface area contributed by atoms with Crippen LogP contribution in [-0.2, 0) is 20.7 Å². The van der Waals surface area contributed by atoms with E-state index >= 15 is 0 Å². The number of Topliss-reactive ketones (excluding diaryl/α,β-unsaturated/α-hetero) is 1. The first kappa shape index (κ1) is 11.4. The fraction of sp³-hybridized carbons (Fsp3) is 0.333. The van der Waals surface area contributed by atoms with E-state index in [-0.39, 0.29) is 12.2 Å². The van der Waals surface area contributed by atoms with Crippen LogP contribution in [0.25, 0.3) is 0 Å². The summed E-state index contributed by atoms with van der Waals surface area (Å²) in [4.78, 5) is 22.7. The fourth-order valence-corrected chi connectivity index (χ4v) is 1.26. The molecule has 0 spiro atoms. The Bertz CT molecular complexity index is 343. The number of benzene rings is 1. The fourth-order valence-electron chi connectivity index (χ4n) is 1.26. The molecule has 0 unspecified atom stereocenters. The highest BCUT2D eigenvalue weighted by Gasteiger charge is 2.21. The quantitative estimate of drug-likeness (QED) is 0.555. The number of methoxy groups -OCH3 is 1. The van der Waals surface area contributed by atoms with E-state index in [1.165, 1.54) is 7.11 Å². The highest BCUT2D eigenvalue weighted by Crippen LogP contribution is 2.07.